The molecule has 0 heterocycles. The molecular weight excluding hydrogens is 269 g/mol. The van der Waals surface area contributed by atoms with Crippen molar-refractivity contribution in [2.45, 2.75) is 39.2 Å². The standard InChI is InChI=1S/C16H24FN3O/c1-11-4-2-3-5-13(11)10-19-9-12-6-14(16(18)20-21)8-15(17)7-12/h6-8,11,13,19,21H,2-5,9-10H2,1H3,(H2,18,20). The van der Waals surface area contributed by atoms with Gasteiger partial charge in [0.25, 0.3) is 0 Å². The van der Waals surface area contributed by atoms with Gasteiger partial charge in [0.15, 0.2) is 5.84 Å². The summed E-state index contributed by atoms with van der Waals surface area (Å²) >= 11 is 0. The van der Waals surface area contributed by atoms with Gasteiger partial charge in [-0.3, -0.25) is 0 Å². The summed E-state index contributed by atoms with van der Waals surface area (Å²) in [7, 11) is 0. The van der Waals surface area contributed by atoms with Crippen LogP contribution in [0.4, 0.5) is 4.39 Å². The average molecular weight is 293 g/mol. The second-order valence-electron chi connectivity index (χ2n) is 5.99. The van der Waals surface area contributed by atoms with Crippen molar-refractivity contribution in [3.05, 3.63) is 35.1 Å². The Labute approximate surface area is 125 Å². The van der Waals surface area contributed by atoms with E-state index >= 15 is 0 Å². The maximum Gasteiger partial charge on any atom is 0.170 e. The van der Waals surface area contributed by atoms with E-state index < -0.39 is 0 Å². The van der Waals surface area contributed by atoms with Crippen LogP contribution in [0.2, 0.25) is 0 Å². The van der Waals surface area contributed by atoms with Crippen LogP contribution < -0.4 is 11.1 Å². The normalized spacial score (nSPS) is 23.2. The number of halogens is 1. The molecule has 2 rings (SSSR count). The molecule has 0 aliphatic heterocycles. The van der Waals surface area contributed by atoms with Crippen molar-refractivity contribution in [2.75, 3.05) is 6.54 Å². The van der Waals surface area contributed by atoms with Gasteiger partial charge < -0.3 is 16.3 Å². The fraction of sp³-hybridized carbons (Fsp3) is 0.562. The Morgan fingerprint density at radius 1 is 1.38 bits per heavy atom. The fourth-order valence-corrected chi connectivity index (χ4v) is 3.06. The molecule has 21 heavy (non-hydrogen) atoms. The maximum atomic E-state index is 13.5. The van der Waals surface area contributed by atoms with Crippen LogP contribution in [0.1, 0.15) is 43.7 Å². The van der Waals surface area contributed by atoms with Gasteiger partial charge in [-0.05, 0) is 48.6 Å². The molecule has 2 atom stereocenters. The highest BCUT2D eigenvalue weighted by molar-refractivity contribution is 5.97. The highest BCUT2D eigenvalue weighted by atomic mass is 19.1. The zero-order chi connectivity index (χ0) is 15.2. The first-order valence-corrected chi connectivity index (χ1v) is 7.58. The smallest absolute Gasteiger partial charge is 0.170 e. The number of nitrogens with one attached hydrogen (secondary N) is 1. The lowest BCUT2D eigenvalue weighted by Crippen LogP contribution is -2.29. The first kappa shape index (κ1) is 15.8. The highest BCUT2D eigenvalue weighted by Crippen LogP contribution is 2.28. The Bertz CT molecular complexity index is 504. The average Bonchev–Trinajstić information content (AvgIpc) is 2.48. The molecule has 0 spiro atoms. The molecule has 1 aliphatic carbocycles. The second kappa shape index (κ2) is 7.41. The molecule has 2 unspecified atom stereocenters. The lowest BCUT2D eigenvalue weighted by molar-refractivity contribution is 0.247. The van der Waals surface area contributed by atoms with Crippen molar-refractivity contribution in [2.24, 2.45) is 22.7 Å². The summed E-state index contributed by atoms with van der Waals surface area (Å²) in [6, 6.07) is 4.49. The molecule has 4 N–H and O–H groups in total. The predicted molar refractivity (Wildman–Crippen MR) is 81.7 cm³/mol. The van der Waals surface area contributed by atoms with Gasteiger partial charge in [0.2, 0.25) is 0 Å². The monoisotopic (exact) mass is 293 g/mol. The summed E-state index contributed by atoms with van der Waals surface area (Å²) in [6.07, 6.45) is 5.22. The van der Waals surface area contributed by atoms with Crippen LogP contribution in [-0.2, 0) is 6.54 Å². The molecule has 0 aromatic heterocycles. The molecule has 0 saturated heterocycles. The highest BCUT2D eigenvalue weighted by Gasteiger charge is 2.20. The number of nitrogens with two attached hydrogens (primary N) is 1. The summed E-state index contributed by atoms with van der Waals surface area (Å²) in [5.74, 6) is 1.01. The van der Waals surface area contributed by atoms with Crippen LogP contribution in [0, 0.1) is 17.7 Å². The van der Waals surface area contributed by atoms with Crippen LogP contribution in [0.25, 0.3) is 0 Å². The van der Waals surface area contributed by atoms with Crippen LogP contribution in [0.15, 0.2) is 23.4 Å². The largest absolute Gasteiger partial charge is 0.409 e. The van der Waals surface area contributed by atoms with Crippen LogP contribution in [0.5, 0.6) is 0 Å². The van der Waals surface area contributed by atoms with E-state index in [1.807, 2.05) is 0 Å². The third-order valence-electron chi connectivity index (χ3n) is 4.39. The molecule has 1 aromatic rings. The summed E-state index contributed by atoms with van der Waals surface area (Å²) in [4.78, 5) is 0. The number of hydrogen-bond donors (Lipinski definition) is 3. The number of amidine groups is 1. The SMILES string of the molecule is CC1CCCCC1CNCc1cc(F)cc(/C(N)=N/O)c1. The number of benzene rings is 1. The Morgan fingerprint density at radius 2 is 2.14 bits per heavy atom. The molecule has 0 radical (unpaired) electrons. The second-order valence-corrected chi connectivity index (χ2v) is 5.99. The Kier molecular flexibility index (Phi) is 5.56. The summed E-state index contributed by atoms with van der Waals surface area (Å²) < 4.78 is 13.5. The van der Waals surface area contributed by atoms with Gasteiger partial charge in [-0.2, -0.15) is 0 Å². The minimum absolute atomic E-state index is 0.0725. The van der Waals surface area contributed by atoms with E-state index in [0.29, 0.717) is 18.0 Å². The van der Waals surface area contributed by atoms with Gasteiger partial charge >= 0.3 is 0 Å². The number of oxime groups is 1. The lowest BCUT2D eigenvalue weighted by atomic mass is 9.80. The Hall–Kier alpha value is -1.62. The molecule has 116 valence electrons. The van der Waals surface area contributed by atoms with Gasteiger partial charge in [0.1, 0.15) is 5.82 Å². The molecule has 1 saturated carbocycles. The quantitative estimate of drug-likeness (QED) is 0.338. The molecule has 0 amide bonds. The van der Waals surface area contributed by atoms with E-state index in [0.717, 1.165) is 18.0 Å². The summed E-state index contributed by atoms with van der Waals surface area (Å²) in [5, 5.41) is 15.0. The van der Waals surface area contributed by atoms with E-state index in [1.165, 1.54) is 37.8 Å². The van der Waals surface area contributed by atoms with Crippen molar-refractivity contribution in [3.63, 3.8) is 0 Å². The molecule has 1 fully saturated rings. The Morgan fingerprint density at radius 3 is 2.86 bits per heavy atom. The minimum atomic E-state index is -0.373. The van der Waals surface area contributed by atoms with Crippen LogP contribution in [0.3, 0.4) is 0 Å². The van der Waals surface area contributed by atoms with Gasteiger partial charge in [0, 0.05) is 12.1 Å². The van der Waals surface area contributed by atoms with Crippen molar-refractivity contribution in [3.8, 4) is 0 Å². The van der Waals surface area contributed by atoms with Gasteiger partial charge in [0.05, 0.1) is 0 Å². The number of nitrogens with zero attached hydrogens (tertiary/aromatic N) is 1. The zero-order valence-electron chi connectivity index (χ0n) is 12.5. The van der Waals surface area contributed by atoms with E-state index in [4.69, 9.17) is 10.9 Å². The van der Waals surface area contributed by atoms with Gasteiger partial charge in [-0.25, -0.2) is 4.39 Å². The molecular formula is C16H24FN3O. The van der Waals surface area contributed by atoms with E-state index in [-0.39, 0.29) is 11.7 Å². The topological polar surface area (TPSA) is 70.6 Å². The summed E-state index contributed by atoms with van der Waals surface area (Å²) in [5.41, 5.74) is 6.72. The fourth-order valence-electron chi connectivity index (χ4n) is 3.06. The number of hydrogen-bond acceptors (Lipinski definition) is 3. The van der Waals surface area contributed by atoms with Gasteiger partial charge in [-0.15, -0.1) is 0 Å². The van der Waals surface area contributed by atoms with E-state index in [2.05, 4.69) is 17.4 Å². The predicted octanol–water partition coefficient (Wildman–Crippen LogP) is 2.84. The van der Waals surface area contributed by atoms with Crippen LogP contribution in [-0.4, -0.2) is 17.6 Å². The summed E-state index contributed by atoms with van der Waals surface area (Å²) in [6.45, 7) is 3.85. The first-order chi connectivity index (χ1) is 10.1. The molecule has 1 aliphatic rings. The minimum Gasteiger partial charge on any atom is -0.409 e. The first-order valence-electron chi connectivity index (χ1n) is 7.58. The zero-order valence-corrected chi connectivity index (χ0v) is 12.5. The molecule has 0 bridgehead atoms. The van der Waals surface area contributed by atoms with Crippen molar-refractivity contribution in [1.29, 1.82) is 0 Å². The van der Waals surface area contributed by atoms with E-state index in [1.54, 1.807) is 6.07 Å². The third-order valence-corrected chi connectivity index (χ3v) is 4.39. The number of rotatable bonds is 5. The maximum absolute atomic E-state index is 13.5. The molecule has 4 nitrogen and oxygen atoms in total. The van der Waals surface area contributed by atoms with Crippen molar-refractivity contribution in [1.82, 2.24) is 5.32 Å². The van der Waals surface area contributed by atoms with Crippen molar-refractivity contribution >= 4 is 5.84 Å². The lowest BCUT2D eigenvalue weighted by Gasteiger charge is -2.28. The van der Waals surface area contributed by atoms with Crippen LogP contribution >= 0.6 is 0 Å². The van der Waals surface area contributed by atoms with E-state index in [9.17, 15) is 4.39 Å². The molecule has 1 aromatic carbocycles. The van der Waals surface area contributed by atoms with Gasteiger partial charge in [-0.1, -0.05) is 31.3 Å². The van der Waals surface area contributed by atoms with Crippen molar-refractivity contribution < 1.29 is 9.60 Å². The molecule has 5 heteroatoms. The Balaban J connectivity index is 1.92. The third kappa shape index (κ3) is 4.43.